The van der Waals surface area contributed by atoms with Gasteiger partial charge in [0, 0.05) is 31.9 Å². The smallest absolute Gasteiger partial charge is 0.253 e. The van der Waals surface area contributed by atoms with E-state index in [4.69, 9.17) is 11.6 Å². The van der Waals surface area contributed by atoms with Gasteiger partial charge in [-0.1, -0.05) is 41.9 Å². The summed E-state index contributed by atoms with van der Waals surface area (Å²) in [5.41, 5.74) is 3.29. The Labute approximate surface area is 186 Å². The second kappa shape index (κ2) is 11.0. The molecule has 1 heterocycles. The first-order chi connectivity index (χ1) is 14.9. The molecule has 0 spiro atoms. The Hall–Kier alpha value is -2.80. The zero-order chi connectivity index (χ0) is 22.2. The molecule has 0 aliphatic carbocycles. The van der Waals surface area contributed by atoms with E-state index in [0.717, 1.165) is 17.5 Å². The van der Waals surface area contributed by atoms with Gasteiger partial charge < -0.3 is 15.3 Å². The third-order valence-electron chi connectivity index (χ3n) is 4.94. The van der Waals surface area contributed by atoms with E-state index in [9.17, 15) is 14.3 Å². The van der Waals surface area contributed by atoms with Crippen molar-refractivity contribution in [2.75, 3.05) is 20.1 Å². The van der Waals surface area contributed by atoms with Crippen LogP contribution in [0.25, 0.3) is 0 Å². The summed E-state index contributed by atoms with van der Waals surface area (Å²) in [5, 5.41) is 13.8. The number of aliphatic hydroxyl groups excluding tert-OH is 1. The van der Waals surface area contributed by atoms with Crippen LogP contribution in [0.4, 0.5) is 4.39 Å². The lowest BCUT2D eigenvalue weighted by Crippen LogP contribution is -2.26. The summed E-state index contributed by atoms with van der Waals surface area (Å²) in [6.45, 7) is 1.51. The SMILES string of the molecule is CN(Cc1ccc(Cl)nc1)C(=O)c1ccc(CCNCC(O)c2ccc(F)cc2)cc1. The molecule has 0 fully saturated rings. The Morgan fingerprint density at radius 3 is 2.42 bits per heavy atom. The fraction of sp³-hybridized carbons (Fsp3) is 0.250. The topological polar surface area (TPSA) is 65.5 Å². The van der Waals surface area contributed by atoms with Crippen molar-refractivity contribution in [3.8, 4) is 0 Å². The maximum Gasteiger partial charge on any atom is 0.253 e. The van der Waals surface area contributed by atoms with E-state index in [-0.39, 0.29) is 11.7 Å². The number of benzene rings is 2. The van der Waals surface area contributed by atoms with Crippen LogP contribution < -0.4 is 5.32 Å². The number of halogens is 2. The fourth-order valence-corrected chi connectivity index (χ4v) is 3.27. The monoisotopic (exact) mass is 441 g/mol. The van der Waals surface area contributed by atoms with Crippen LogP contribution in [-0.2, 0) is 13.0 Å². The number of carbonyl (C=O) groups excluding carboxylic acids is 1. The highest BCUT2D eigenvalue weighted by atomic mass is 35.5. The molecular formula is C24H25ClFN3O2. The molecule has 162 valence electrons. The molecule has 0 bridgehead atoms. The molecule has 3 rings (SSSR count). The van der Waals surface area contributed by atoms with Crippen molar-refractivity contribution >= 4 is 17.5 Å². The number of pyridine rings is 1. The summed E-state index contributed by atoms with van der Waals surface area (Å²) in [4.78, 5) is 18.3. The highest BCUT2D eigenvalue weighted by Gasteiger charge is 2.12. The number of amides is 1. The number of carbonyl (C=O) groups is 1. The van der Waals surface area contributed by atoms with Crippen molar-refractivity contribution in [1.29, 1.82) is 0 Å². The van der Waals surface area contributed by atoms with Crippen molar-refractivity contribution in [2.24, 2.45) is 0 Å². The zero-order valence-electron chi connectivity index (χ0n) is 17.3. The van der Waals surface area contributed by atoms with Crippen molar-refractivity contribution in [3.63, 3.8) is 0 Å². The van der Waals surface area contributed by atoms with Gasteiger partial charge in [0.2, 0.25) is 0 Å². The Morgan fingerprint density at radius 2 is 1.77 bits per heavy atom. The van der Waals surface area contributed by atoms with Crippen molar-refractivity contribution in [3.05, 3.63) is 100 Å². The average molecular weight is 442 g/mol. The van der Waals surface area contributed by atoms with Crippen LogP contribution in [0, 0.1) is 5.82 Å². The quantitative estimate of drug-likeness (QED) is 0.389. The van der Waals surface area contributed by atoms with Crippen LogP contribution in [0.5, 0.6) is 0 Å². The van der Waals surface area contributed by atoms with E-state index in [0.29, 0.717) is 35.9 Å². The maximum atomic E-state index is 13.0. The minimum atomic E-state index is -0.688. The van der Waals surface area contributed by atoms with Gasteiger partial charge in [0.25, 0.3) is 5.91 Å². The minimum absolute atomic E-state index is 0.0676. The molecule has 0 aliphatic rings. The average Bonchev–Trinajstić information content (AvgIpc) is 2.78. The predicted molar refractivity (Wildman–Crippen MR) is 119 cm³/mol. The van der Waals surface area contributed by atoms with Gasteiger partial charge in [-0.3, -0.25) is 4.79 Å². The predicted octanol–water partition coefficient (Wildman–Crippen LogP) is 4.01. The molecule has 2 aromatic carbocycles. The number of aromatic nitrogens is 1. The van der Waals surface area contributed by atoms with Crippen molar-refractivity contribution in [2.45, 2.75) is 19.1 Å². The summed E-state index contributed by atoms with van der Waals surface area (Å²) in [5.74, 6) is -0.388. The van der Waals surface area contributed by atoms with Gasteiger partial charge >= 0.3 is 0 Å². The minimum Gasteiger partial charge on any atom is -0.387 e. The van der Waals surface area contributed by atoms with Crippen molar-refractivity contribution in [1.82, 2.24) is 15.2 Å². The first-order valence-electron chi connectivity index (χ1n) is 10.0. The largest absolute Gasteiger partial charge is 0.387 e. The van der Waals surface area contributed by atoms with E-state index in [2.05, 4.69) is 10.3 Å². The molecule has 0 radical (unpaired) electrons. The molecule has 31 heavy (non-hydrogen) atoms. The Bertz CT molecular complexity index is 979. The Balaban J connectivity index is 1.44. The van der Waals surface area contributed by atoms with E-state index in [1.54, 1.807) is 36.3 Å². The van der Waals surface area contributed by atoms with E-state index < -0.39 is 6.10 Å². The summed E-state index contributed by atoms with van der Waals surface area (Å²) in [7, 11) is 1.75. The number of hydrogen-bond acceptors (Lipinski definition) is 4. The van der Waals surface area contributed by atoms with Crippen LogP contribution in [0.15, 0.2) is 66.9 Å². The Kier molecular flexibility index (Phi) is 8.12. The zero-order valence-corrected chi connectivity index (χ0v) is 18.0. The number of rotatable bonds is 9. The first kappa shape index (κ1) is 22.9. The van der Waals surface area contributed by atoms with Crippen LogP contribution in [-0.4, -0.2) is 41.0 Å². The van der Waals surface area contributed by atoms with Crippen LogP contribution in [0.3, 0.4) is 0 Å². The summed E-state index contributed by atoms with van der Waals surface area (Å²) < 4.78 is 13.0. The molecular weight excluding hydrogens is 417 g/mol. The Morgan fingerprint density at radius 1 is 1.10 bits per heavy atom. The number of nitrogens with zero attached hydrogens (tertiary/aromatic N) is 2. The van der Waals surface area contributed by atoms with Gasteiger partial charge in [-0.2, -0.15) is 0 Å². The molecule has 0 saturated heterocycles. The molecule has 0 saturated carbocycles. The second-order valence-corrected chi connectivity index (χ2v) is 7.76. The molecule has 3 aromatic rings. The summed E-state index contributed by atoms with van der Waals surface area (Å²) in [6.07, 6.45) is 1.73. The molecule has 1 amide bonds. The van der Waals surface area contributed by atoms with Gasteiger partial charge in [-0.25, -0.2) is 9.37 Å². The van der Waals surface area contributed by atoms with Gasteiger partial charge in [-0.05, 0) is 60.0 Å². The van der Waals surface area contributed by atoms with Crippen LogP contribution in [0.2, 0.25) is 5.15 Å². The lowest BCUT2D eigenvalue weighted by atomic mass is 10.1. The molecule has 5 nitrogen and oxygen atoms in total. The maximum absolute atomic E-state index is 13.0. The molecule has 1 aromatic heterocycles. The lowest BCUT2D eigenvalue weighted by Gasteiger charge is -2.17. The molecule has 7 heteroatoms. The van der Waals surface area contributed by atoms with E-state index in [1.807, 2.05) is 30.3 Å². The van der Waals surface area contributed by atoms with Gasteiger partial charge in [0.1, 0.15) is 11.0 Å². The van der Waals surface area contributed by atoms with Crippen molar-refractivity contribution < 1.29 is 14.3 Å². The van der Waals surface area contributed by atoms with E-state index in [1.165, 1.54) is 12.1 Å². The van der Waals surface area contributed by atoms with E-state index >= 15 is 0 Å². The molecule has 2 N–H and O–H groups in total. The first-order valence-corrected chi connectivity index (χ1v) is 10.4. The summed E-state index contributed by atoms with van der Waals surface area (Å²) in [6, 6.07) is 16.9. The fourth-order valence-electron chi connectivity index (χ4n) is 3.15. The standard InChI is InChI=1S/C24H25ClFN3O2/c1-29(16-18-4-11-23(25)28-14-18)24(31)20-5-2-17(3-6-20)12-13-27-15-22(30)19-7-9-21(26)10-8-19/h2-11,14,22,27,30H,12-13,15-16H2,1H3. The van der Waals surface area contributed by atoms with Crippen LogP contribution in [0.1, 0.15) is 33.2 Å². The summed E-state index contributed by atoms with van der Waals surface area (Å²) >= 11 is 5.79. The number of nitrogens with one attached hydrogen (secondary N) is 1. The third-order valence-corrected chi connectivity index (χ3v) is 5.16. The molecule has 1 atom stereocenters. The second-order valence-electron chi connectivity index (χ2n) is 7.37. The van der Waals surface area contributed by atoms with Gasteiger partial charge in [-0.15, -0.1) is 0 Å². The van der Waals surface area contributed by atoms with Gasteiger partial charge in [0.05, 0.1) is 6.10 Å². The lowest BCUT2D eigenvalue weighted by molar-refractivity contribution is 0.0785. The number of aliphatic hydroxyl groups is 1. The third kappa shape index (κ3) is 6.85. The highest BCUT2D eigenvalue weighted by molar-refractivity contribution is 6.29. The van der Waals surface area contributed by atoms with Crippen LogP contribution >= 0.6 is 11.6 Å². The highest BCUT2D eigenvalue weighted by Crippen LogP contribution is 2.13. The van der Waals surface area contributed by atoms with Gasteiger partial charge in [0.15, 0.2) is 0 Å². The normalized spacial score (nSPS) is 11.9. The molecule has 1 unspecified atom stereocenters. The number of hydrogen-bond donors (Lipinski definition) is 2. The molecule has 0 aliphatic heterocycles.